The summed E-state index contributed by atoms with van der Waals surface area (Å²) in [4.78, 5) is 8.37. The molecule has 0 atom stereocenters. The fraction of sp³-hybridized carbons (Fsp3) is 0.0667. The fourth-order valence-corrected chi connectivity index (χ4v) is 1.98. The number of nitrogens with zero attached hydrogens (tertiary/aromatic N) is 2. The summed E-state index contributed by atoms with van der Waals surface area (Å²) in [6, 6.07) is 10.4. The number of aryl methyl sites for hydroxylation is 1. The van der Waals surface area contributed by atoms with Crippen LogP contribution in [0.5, 0.6) is 0 Å². The normalized spacial score (nSPS) is 10.7. The van der Waals surface area contributed by atoms with E-state index in [4.69, 9.17) is 5.73 Å². The molecule has 0 fully saturated rings. The van der Waals surface area contributed by atoms with Crippen molar-refractivity contribution in [2.24, 2.45) is 0 Å². The first-order chi connectivity index (χ1) is 9.63. The van der Waals surface area contributed by atoms with E-state index in [1.54, 1.807) is 25.1 Å². The number of hydrogen-bond acceptors (Lipinski definition) is 4. The van der Waals surface area contributed by atoms with E-state index in [0.717, 1.165) is 10.9 Å². The Labute approximate surface area is 115 Å². The zero-order valence-corrected chi connectivity index (χ0v) is 10.9. The summed E-state index contributed by atoms with van der Waals surface area (Å²) in [5.41, 5.74) is 8.37. The second-order valence-electron chi connectivity index (χ2n) is 4.59. The van der Waals surface area contributed by atoms with Crippen molar-refractivity contribution in [1.82, 2.24) is 9.97 Å². The van der Waals surface area contributed by atoms with Gasteiger partial charge in [-0.05, 0) is 42.8 Å². The Bertz CT molecular complexity index is 786. The molecule has 3 aromatic rings. The molecule has 100 valence electrons. The van der Waals surface area contributed by atoms with E-state index in [1.165, 1.54) is 12.4 Å². The topological polar surface area (TPSA) is 63.8 Å². The Morgan fingerprint density at radius 3 is 2.75 bits per heavy atom. The fourth-order valence-electron chi connectivity index (χ4n) is 1.98. The van der Waals surface area contributed by atoms with E-state index >= 15 is 0 Å². The molecule has 1 aromatic heterocycles. The minimum Gasteiger partial charge on any atom is -0.399 e. The van der Waals surface area contributed by atoms with Gasteiger partial charge in [-0.15, -0.1) is 0 Å². The molecule has 0 saturated heterocycles. The highest BCUT2D eigenvalue weighted by molar-refractivity contribution is 5.92. The van der Waals surface area contributed by atoms with Gasteiger partial charge in [-0.2, -0.15) is 0 Å². The quantitative estimate of drug-likeness (QED) is 0.699. The molecular formula is C15H13FN4. The van der Waals surface area contributed by atoms with Gasteiger partial charge in [-0.3, -0.25) is 0 Å². The van der Waals surface area contributed by atoms with Crippen molar-refractivity contribution in [2.45, 2.75) is 6.92 Å². The Kier molecular flexibility index (Phi) is 2.95. The van der Waals surface area contributed by atoms with E-state index in [9.17, 15) is 4.39 Å². The van der Waals surface area contributed by atoms with Gasteiger partial charge in [-0.1, -0.05) is 6.07 Å². The molecule has 3 N–H and O–H groups in total. The monoisotopic (exact) mass is 268 g/mol. The molecule has 4 nitrogen and oxygen atoms in total. The van der Waals surface area contributed by atoms with E-state index < -0.39 is 0 Å². The van der Waals surface area contributed by atoms with E-state index in [0.29, 0.717) is 22.8 Å². The van der Waals surface area contributed by atoms with Crippen LogP contribution < -0.4 is 11.1 Å². The maximum atomic E-state index is 13.6. The SMILES string of the molecule is Cc1ccc(Nc2ncnc3cc(N)ccc23)cc1F. The van der Waals surface area contributed by atoms with Crippen LogP contribution >= 0.6 is 0 Å². The van der Waals surface area contributed by atoms with Crippen LogP contribution in [0, 0.1) is 12.7 Å². The van der Waals surface area contributed by atoms with Gasteiger partial charge < -0.3 is 11.1 Å². The van der Waals surface area contributed by atoms with Crippen molar-refractivity contribution >= 4 is 28.1 Å². The lowest BCUT2D eigenvalue weighted by Gasteiger charge is -2.09. The van der Waals surface area contributed by atoms with Crippen LogP contribution in [-0.4, -0.2) is 9.97 Å². The highest BCUT2D eigenvalue weighted by atomic mass is 19.1. The first-order valence-electron chi connectivity index (χ1n) is 6.17. The zero-order valence-electron chi connectivity index (χ0n) is 10.9. The van der Waals surface area contributed by atoms with Crippen LogP contribution in [0.1, 0.15) is 5.56 Å². The predicted octanol–water partition coefficient (Wildman–Crippen LogP) is 3.40. The second kappa shape index (κ2) is 4.77. The van der Waals surface area contributed by atoms with Gasteiger partial charge in [0.25, 0.3) is 0 Å². The maximum Gasteiger partial charge on any atom is 0.141 e. The Balaban J connectivity index is 2.04. The summed E-state index contributed by atoms with van der Waals surface area (Å²) < 4.78 is 13.6. The van der Waals surface area contributed by atoms with Gasteiger partial charge in [0.1, 0.15) is 18.0 Å². The van der Waals surface area contributed by atoms with Crippen LogP contribution in [0.2, 0.25) is 0 Å². The number of anilines is 3. The summed E-state index contributed by atoms with van der Waals surface area (Å²) in [5, 5.41) is 3.94. The number of nitrogen functional groups attached to an aromatic ring is 1. The Morgan fingerprint density at radius 2 is 1.95 bits per heavy atom. The molecule has 5 heteroatoms. The molecule has 0 aliphatic rings. The first-order valence-corrected chi connectivity index (χ1v) is 6.17. The number of aromatic nitrogens is 2. The highest BCUT2D eigenvalue weighted by Gasteiger charge is 2.05. The smallest absolute Gasteiger partial charge is 0.141 e. The van der Waals surface area contributed by atoms with Crippen LogP contribution in [0.4, 0.5) is 21.6 Å². The van der Waals surface area contributed by atoms with Gasteiger partial charge >= 0.3 is 0 Å². The van der Waals surface area contributed by atoms with Gasteiger partial charge in [-0.25, -0.2) is 14.4 Å². The molecule has 0 aliphatic heterocycles. The minimum absolute atomic E-state index is 0.252. The van der Waals surface area contributed by atoms with Crippen molar-refractivity contribution in [3.8, 4) is 0 Å². The molecule has 0 saturated carbocycles. The van der Waals surface area contributed by atoms with Gasteiger partial charge in [0.05, 0.1) is 5.52 Å². The lowest BCUT2D eigenvalue weighted by atomic mass is 10.2. The zero-order chi connectivity index (χ0) is 14.1. The predicted molar refractivity (Wildman–Crippen MR) is 78.4 cm³/mol. The largest absolute Gasteiger partial charge is 0.399 e. The van der Waals surface area contributed by atoms with Crippen LogP contribution in [0.15, 0.2) is 42.7 Å². The molecule has 0 spiro atoms. The summed E-state index contributed by atoms with van der Waals surface area (Å²) in [5.74, 6) is 0.371. The molecule has 0 aliphatic carbocycles. The van der Waals surface area contributed by atoms with E-state index in [2.05, 4.69) is 15.3 Å². The van der Waals surface area contributed by atoms with Crippen molar-refractivity contribution in [3.05, 3.63) is 54.1 Å². The Morgan fingerprint density at radius 1 is 1.10 bits per heavy atom. The third kappa shape index (κ3) is 2.25. The number of fused-ring (bicyclic) bond motifs is 1. The van der Waals surface area contributed by atoms with Crippen molar-refractivity contribution in [2.75, 3.05) is 11.1 Å². The van der Waals surface area contributed by atoms with Crippen molar-refractivity contribution < 1.29 is 4.39 Å². The van der Waals surface area contributed by atoms with E-state index in [1.807, 2.05) is 12.1 Å². The summed E-state index contributed by atoms with van der Waals surface area (Å²) in [6.45, 7) is 1.72. The average Bonchev–Trinajstić information content (AvgIpc) is 2.43. The third-order valence-electron chi connectivity index (χ3n) is 3.10. The number of nitrogens with two attached hydrogens (primary N) is 1. The van der Waals surface area contributed by atoms with Crippen molar-refractivity contribution in [3.63, 3.8) is 0 Å². The maximum absolute atomic E-state index is 13.6. The van der Waals surface area contributed by atoms with Crippen LogP contribution in [0.3, 0.4) is 0 Å². The summed E-state index contributed by atoms with van der Waals surface area (Å²) in [6.07, 6.45) is 1.45. The number of hydrogen-bond donors (Lipinski definition) is 2. The average molecular weight is 268 g/mol. The standard InChI is InChI=1S/C15H13FN4/c1-9-2-4-11(7-13(9)16)20-15-12-5-3-10(17)6-14(12)18-8-19-15/h2-8H,17H2,1H3,(H,18,19,20). The minimum atomic E-state index is -0.252. The lowest BCUT2D eigenvalue weighted by molar-refractivity contribution is 0.619. The lowest BCUT2D eigenvalue weighted by Crippen LogP contribution is -1.97. The van der Waals surface area contributed by atoms with Crippen LogP contribution in [0.25, 0.3) is 10.9 Å². The molecule has 20 heavy (non-hydrogen) atoms. The van der Waals surface area contributed by atoms with Gasteiger partial charge in [0.2, 0.25) is 0 Å². The summed E-state index contributed by atoms with van der Waals surface area (Å²) >= 11 is 0. The number of benzene rings is 2. The van der Waals surface area contributed by atoms with Gasteiger partial charge in [0.15, 0.2) is 0 Å². The number of rotatable bonds is 2. The number of nitrogens with one attached hydrogen (secondary N) is 1. The molecule has 3 rings (SSSR count). The molecule has 0 unspecified atom stereocenters. The molecule has 0 radical (unpaired) electrons. The third-order valence-corrected chi connectivity index (χ3v) is 3.10. The van der Waals surface area contributed by atoms with Crippen LogP contribution in [-0.2, 0) is 0 Å². The molecule has 1 heterocycles. The van der Waals surface area contributed by atoms with Crippen molar-refractivity contribution in [1.29, 1.82) is 0 Å². The van der Waals surface area contributed by atoms with Gasteiger partial charge in [0, 0.05) is 16.8 Å². The number of halogens is 1. The summed E-state index contributed by atoms with van der Waals surface area (Å²) in [7, 11) is 0. The molecule has 0 bridgehead atoms. The second-order valence-corrected chi connectivity index (χ2v) is 4.59. The first kappa shape index (κ1) is 12.3. The molecular weight excluding hydrogens is 255 g/mol. The molecule has 0 amide bonds. The highest BCUT2D eigenvalue weighted by Crippen LogP contribution is 2.25. The van der Waals surface area contributed by atoms with E-state index in [-0.39, 0.29) is 5.82 Å². The molecule has 2 aromatic carbocycles. The Hall–Kier alpha value is -2.69.